The molecule has 0 fully saturated rings. The van der Waals surface area contributed by atoms with Crippen LogP contribution >= 0.6 is 15.9 Å². The number of fused-ring (bicyclic) bond motifs is 1. The smallest absolute Gasteiger partial charge is 0.253 e. The minimum Gasteiger partial charge on any atom is -0.348 e. The number of nitrogens with one attached hydrogen (secondary N) is 1. The summed E-state index contributed by atoms with van der Waals surface area (Å²) in [6.45, 7) is 0.518. The van der Waals surface area contributed by atoms with Gasteiger partial charge in [-0.05, 0) is 35.9 Å². The van der Waals surface area contributed by atoms with E-state index < -0.39 is 0 Å². The summed E-state index contributed by atoms with van der Waals surface area (Å²) in [7, 11) is 0. The number of benzene rings is 1. The Morgan fingerprint density at radius 1 is 1.15 bits per heavy atom. The molecule has 0 aliphatic heterocycles. The molecule has 4 heteroatoms. The van der Waals surface area contributed by atoms with E-state index in [4.69, 9.17) is 0 Å². The largest absolute Gasteiger partial charge is 0.348 e. The molecule has 100 valence electrons. The van der Waals surface area contributed by atoms with E-state index >= 15 is 0 Å². The van der Waals surface area contributed by atoms with Crippen molar-refractivity contribution in [3.05, 3.63) is 76.5 Å². The van der Waals surface area contributed by atoms with E-state index in [0.717, 1.165) is 15.6 Å². The molecule has 0 aliphatic carbocycles. The van der Waals surface area contributed by atoms with Crippen LogP contribution in [0.15, 0.2) is 65.4 Å². The lowest BCUT2D eigenvalue weighted by molar-refractivity contribution is 0.0951. The maximum Gasteiger partial charge on any atom is 0.253 e. The van der Waals surface area contributed by atoms with Gasteiger partial charge in [-0.1, -0.05) is 34.1 Å². The molecule has 0 unspecified atom stereocenters. The molecule has 0 spiro atoms. The van der Waals surface area contributed by atoms with Gasteiger partial charge in [0, 0.05) is 28.9 Å². The summed E-state index contributed by atoms with van der Waals surface area (Å²) < 4.78 is 2.95. The zero-order chi connectivity index (χ0) is 13.9. The van der Waals surface area contributed by atoms with Crippen molar-refractivity contribution in [1.29, 1.82) is 0 Å². The Hall–Kier alpha value is -2.07. The summed E-state index contributed by atoms with van der Waals surface area (Å²) >= 11 is 3.42. The van der Waals surface area contributed by atoms with Gasteiger partial charge in [-0.15, -0.1) is 0 Å². The first-order valence-electron chi connectivity index (χ1n) is 6.32. The van der Waals surface area contributed by atoms with Gasteiger partial charge in [0.15, 0.2) is 0 Å². The number of halogens is 1. The number of hydrogen-bond acceptors (Lipinski definition) is 1. The Bertz CT molecular complexity index is 731. The molecule has 3 aromatic rings. The number of carbonyl (C=O) groups is 1. The SMILES string of the molecule is O=C(NCc1cccc(Br)c1)c1cc2ccccn2c1. The summed E-state index contributed by atoms with van der Waals surface area (Å²) in [5.41, 5.74) is 2.75. The van der Waals surface area contributed by atoms with Crippen molar-refractivity contribution in [1.82, 2.24) is 9.72 Å². The van der Waals surface area contributed by atoms with Gasteiger partial charge in [-0.3, -0.25) is 4.79 Å². The molecule has 1 amide bonds. The van der Waals surface area contributed by atoms with Crippen LogP contribution in [0, 0.1) is 0 Å². The first-order chi connectivity index (χ1) is 9.72. The van der Waals surface area contributed by atoms with Crippen molar-refractivity contribution in [2.24, 2.45) is 0 Å². The van der Waals surface area contributed by atoms with Crippen molar-refractivity contribution >= 4 is 27.4 Å². The molecule has 1 aromatic carbocycles. The van der Waals surface area contributed by atoms with Gasteiger partial charge < -0.3 is 9.72 Å². The van der Waals surface area contributed by atoms with Crippen LogP contribution in [-0.2, 0) is 6.54 Å². The van der Waals surface area contributed by atoms with Gasteiger partial charge in [-0.2, -0.15) is 0 Å². The normalized spacial score (nSPS) is 10.7. The zero-order valence-electron chi connectivity index (χ0n) is 10.7. The van der Waals surface area contributed by atoms with E-state index in [-0.39, 0.29) is 5.91 Å². The molecular weight excluding hydrogens is 316 g/mol. The van der Waals surface area contributed by atoms with Crippen LogP contribution in [0.25, 0.3) is 5.52 Å². The average molecular weight is 329 g/mol. The van der Waals surface area contributed by atoms with E-state index in [1.165, 1.54) is 0 Å². The number of pyridine rings is 1. The highest BCUT2D eigenvalue weighted by Crippen LogP contribution is 2.12. The molecule has 0 saturated heterocycles. The molecule has 0 atom stereocenters. The average Bonchev–Trinajstić information content (AvgIpc) is 2.89. The third kappa shape index (κ3) is 2.75. The quantitative estimate of drug-likeness (QED) is 0.782. The van der Waals surface area contributed by atoms with Crippen LogP contribution in [0.3, 0.4) is 0 Å². The Morgan fingerprint density at radius 2 is 2.05 bits per heavy atom. The Kier molecular flexibility index (Phi) is 3.56. The van der Waals surface area contributed by atoms with Crippen LogP contribution in [0.5, 0.6) is 0 Å². The Labute approximate surface area is 125 Å². The third-order valence-electron chi connectivity index (χ3n) is 3.11. The predicted octanol–water partition coefficient (Wildman–Crippen LogP) is 3.63. The second-order valence-electron chi connectivity index (χ2n) is 4.57. The number of hydrogen-bond donors (Lipinski definition) is 1. The summed E-state index contributed by atoms with van der Waals surface area (Å²) in [6, 6.07) is 15.7. The number of nitrogens with zero attached hydrogens (tertiary/aromatic N) is 1. The molecule has 1 N–H and O–H groups in total. The Morgan fingerprint density at radius 3 is 2.85 bits per heavy atom. The number of carbonyl (C=O) groups excluding carboxylic acids is 1. The highest BCUT2D eigenvalue weighted by atomic mass is 79.9. The van der Waals surface area contributed by atoms with E-state index in [1.54, 1.807) is 0 Å². The van der Waals surface area contributed by atoms with Crippen molar-refractivity contribution < 1.29 is 4.79 Å². The van der Waals surface area contributed by atoms with E-state index in [1.807, 2.05) is 65.3 Å². The van der Waals surface area contributed by atoms with Gasteiger partial charge >= 0.3 is 0 Å². The molecule has 20 heavy (non-hydrogen) atoms. The lowest BCUT2D eigenvalue weighted by atomic mass is 10.2. The highest BCUT2D eigenvalue weighted by molar-refractivity contribution is 9.10. The molecule has 0 bridgehead atoms. The first-order valence-corrected chi connectivity index (χ1v) is 7.11. The maximum absolute atomic E-state index is 12.1. The third-order valence-corrected chi connectivity index (χ3v) is 3.60. The van der Waals surface area contributed by atoms with Crippen molar-refractivity contribution in [2.75, 3.05) is 0 Å². The van der Waals surface area contributed by atoms with Crippen LogP contribution in [0.4, 0.5) is 0 Å². The van der Waals surface area contributed by atoms with Crippen LogP contribution in [0.2, 0.25) is 0 Å². The molecule has 0 saturated carbocycles. The van der Waals surface area contributed by atoms with Gasteiger partial charge in [0.05, 0.1) is 5.56 Å². The first kappa shape index (κ1) is 12.9. The summed E-state index contributed by atoms with van der Waals surface area (Å²) in [5, 5.41) is 2.93. The zero-order valence-corrected chi connectivity index (χ0v) is 12.3. The molecule has 3 nitrogen and oxygen atoms in total. The summed E-state index contributed by atoms with van der Waals surface area (Å²) in [6.07, 6.45) is 3.77. The van der Waals surface area contributed by atoms with Crippen molar-refractivity contribution in [2.45, 2.75) is 6.54 Å². The topological polar surface area (TPSA) is 33.5 Å². The summed E-state index contributed by atoms with van der Waals surface area (Å²) in [5.74, 6) is -0.0614. The van der Waals surface area contributed by atoms with E-state index in [0.29, 0.717) is 12.1 Å². The highest BCUT2D eigenvalue weighted by Gasteiger charge is 2.08. The number of amides is 1. The molecule has 0 aliphatic rings. The van der Waals surface area contributed by atoms with Gasteiger partial charge in [0.25, 0.3) is 5.91 Å². The molecule has 2 aromatic heterocycles. The minimum absolute atomic E-state index is 0.0614. The van der Waals surface area contributed by atoms with Gasteiger partial charge in [0.2, 0.25) is 0 Å². The summed E-state index contributed by atoms with van der Waals surface area (Å²) in [4.78, 5) is 12.1. The number of aromatic nitrogens is 1. The lowest BCUT2D eigenvalue weighted by Gasteiger charge is -2.04. The minimum atomic E-state index is -0.0614. The van der Waals surface area contributed by atoms with Crippen LogP contribution in [0.1, 0.15) is 15.9 Å². The molecule has 3 rings (SSSR count). The van der Waals surface area contributed by atoms with Crippen LogP contribution < -0.4 is 5.32 Å². The second-order valence-corrected chi connectivity index (χ2v) is 5.49. The Balaban J connectivity index is 1.73. The van der Waals surface area contributed by atoms with E-state index in [9.17, 15) is 4.79 Å². The van der Waals surface area contributed by atoms with E-state index in [2.05, 4.69) is 21.2 Å². The standard InChI is InChI=1S/C16H13BrN2O/c17-14-5-3-4-12(8-14)10-18-16(20)13-9-15-6-1-2-7-19(15)11-13/h1-9,11H,10H2,(H,18,20). The second kappa shape index (κ2) is 5.51. The van der Waals surface area contributed by atoms with Crippen molar-refractivity contribution in [3.63, 3.8) is 0 Å². The fourth-order valence-corrected chi connectivity index (χ4v) is 2.56. The van der Waals surface area contributed by atoms with Gasteiger partial charge in [0.1, 0.15) is 0 Å². The fraction of sp³-hybridized carbons (Fsp3) is 0.0625. The monoisotopic (exact) mass is 328 g/mol. The van der Waals surface area contributed by atoms with Crippen LogP contribution in [-0.4, -0.2) is 10.3 Å². The number of rotatable bonds is 3. The molecule has 2 heterocycles. The molecular formula is C16H13BrN2O. The van der Waals surface area contributed by atoms with Crippen molar-refractivity contribution in [3.8, 4) is 0 Å². The van der Waals surface area contributed by atoms with Gasteiger partial charge in [-0.25, -0.2) is 0 Å². The lowest BCUT2D eigenvalue weighted by Crippen LogP contribution is -2.22. The maximum atomic E-state index is 12.1. The fourth-order valence-electron chi connectivity index (χ4n) is 2.11. The molecule has 0 radical (unpaired) electrons. The predicted molar refractivity (Wildman–Crippen MR) is 82.7 cm³/mol.